The third-order valence-corrected chi connectivity index (χ3v) is 4.60. The van der Waals surface area contributed by atoms with Crippen molar-refractivity contribution >= 4 is 27.7 Å². The molecule has 0 saturated carbocycles. The van der Waals surface area contributed by atoms with Crippen LogP contribution in [0.3, 0.4) is 0 Å². The number of nitrogens with zero attached hydrogens (tertiary/aromatic N) is 1. The molecule has 0 aliphatic heterocycles. The molecule has 0 aliphatic carbocycles. The summed E-state index contributed by atoms with van der Waals surface area (Å²) in [6.45, 7) is 0.0677. The Bertz CT molecular complexity index is 1240. The Morgan fingerprint density at radius 1 is 1.03 bits per heavy atom. The van der Waals surface area contributed by atoms with E-state index >= 15 is 0 Å². The number of carbonyl (C=O) groups excluding carboxylic acids is 1. The first-order valence-corrected chi connectivity index (χ1v) is 8.58. The highest BCUT2D eigenvalue weighted by Gasteiger charge is 2.31. The van der Waals surface area contributed by atoms with Gasteiger partial charge in [-0.15, -0.1) is 13.2 Å². The van der Waals surface area contributed by atoms with E-state index in [1.807, 2.05) is 0 Å². The monoisotopic (exact) mass is 402 g/mol. The first-order valence-electron chi connectivity index (χ1n) is 8.58. The third kappa shape index (κ3) is 3.49. The zero-order valence-electron chi connectivity index (χ0n) is 14.8. The van der Waals surface area contributed by atoms with Crippen LogP contribution in [-0.4, -0.2) is 16.8 Å². The van der Waals surface area contributed by atoms with Gasteiger partial charge in [0.2, 0.25) is 5.91 Å². The van der Waals surface area contributed by atoms with Crippen LogP contribution in [-0.2, 0) is 6.54 Å². The summed E-state index contributed by atoms with van der Waals surface area (Å²) in [4.78, 5) is 11.9. The molecule has 1 heterocycles. The largest absolute Gasteiger partial charge is 0.573 e. The van der Waals surface area contributed by atoms with Gasteiger partial charge in [-0.05, 0) is 35.9 Å². The third-order valence-electron chi connectivity index (χ3n) is 4.60. The molecule has 4 nitrogen and oxygen atoms in total. The van der Waals surface area contributed by atoms with Crippen LogP contribution < -0.4 is 10.5 Å². The summed E-state index contributed by atoms with van der Waals surface area (Å²) < 4.78 is 57.8. The topological polar surface area (TPSA) is 57.2 Å². The van der Waals surface area contributed by atoms with Crippen LogP contribution in [0.2, 0.25) is 0 Å². The number of amides is 1. The fourth-order valence-electron chi connectivity index (χ4n) is 3.55. The highest BCUT2D eigenvalue weighted by Crippen LogP contribution is 2.34. The Hall–Kier alpha value is -3.55. The number of halogens is 4. The van der Waals surface area contributed by atoms with Crippen LogP contribution >= 0.6 is 0 Å². The highest BCUT2D eigenvalue weighted by atomic mass is 19.4. The number of nitrogens with two attached hydrogens (primary N) is 1. The van der Waals surface area contributed by atoms with Gasteiger partial charge in [-0.2, -0.15) is 0 Å². The number of hydrogen-bond acceptors (Lipinski definition) is 2. The second-order valence-corrected chi connectivity index (χ2v) is 6.48. The average molecular weight is 402 g/mol. The van der Waals surface area contributed by atoms with Gasteiger partial charge in [-0.3, -0.25) is 4.79 Å². The second-order valence-electron chi connectivity index (χ2n) is 6.48. The number of aromatic nitrogens is 1. The molecule has 0 saturated heterocycles. The number of fused-ring (bicyclic) bond motifs is 3. The van der Waals surface area contributed by atoms with Gasteiger partial charge in [-0.1, -0.05) is 30.3 Å². The molecule has 0 atom stereocenters. The van der Waals surface area contributed by atoms with E-state index in [-0.39, 0.29) is 23.4 Å². The van der Waals surface area contributed by atoms with Gasteiger partial charge in [-0.25, -0.2) is 4.39 Å². The van der Waals surface area contributed by atoms with Crippen LogP contribution in [0.1, 0.15) is 15.9 Å². The van der Waals surface area contributed by atoms with Gasteiger partial charge in [0.05, 0.1) is 11.0 Å². The number of rotatable bonds is 4. The fraction of sp³-hybridized carbons (Fsp3) is 0.0952. The molecule has 4 rings (SSSR count). The average Bonchev–Trinajstić information content (AvgIpc) is 2.96. The summed E-state index contributed by atoms with van der Waals surface area (Å²) in [6, 6.07) is 14.8. The number of primary amides is 1. The fourth-order valence-corrected chi connectivity index (χ4v) is 3.55. The number of ether oxygens (including phenoxy) is 1. The van der Waals surface area contributed by atoms with E-state index in [1.54, 1.807) is 34.9 Å². The van der Waals surface area contributed by atoms with Crippen molar-refractivity contribution in [2.45, 2.75) is 12.9 Å². The molecule has 1 amide bonds. The van der Waals surface area contributed by atoms with Crippen molar-refractivity contribution in [1.82, 2.24) is 4.57 Å². The van der Waals surface area contributed by atoms with Gasteiger partial charge >= 0.3 is 6.36 Å². The Balaban J connectivity index is 1.91. The summed E-state index contributed by atoms with van der Waals surface area (Å²) in [5.74, 6) is -1.54. The summed E-state index contributed by atoms with van der Waals surface area (Å²) >= 11 is 0. The summed E-state index contributed by atoms with van der Waals surface area (Å²) in [7, 11) is 0. The van der Waals surface area contributed by atoms with Crippen molar-refractivity contribution in [3.63, 3.8) is 0 Å². The van der Waals surface area contributed by atoms with Gasteiger partial charge in [0, 0.05) is 22.9 Å². The lowest BCUT2D eigenvalue weighted by molar-refractivity contribution is -0.274. The molecular formula is C21H14F4N2O2. The number of para-hydroxylation sites is 1. The van der Waals surface area contributed by atoms with Crippen molar-refractivity contribution in [3.05, 3.63) is 77.6 Å². The van der Waals surface area contributed by atoms with E-state index < -0.39 is 18.1 Å². The zero-order valence-corrected chi connectivity index (χ0v) is 14.8. The minimum atomic E-state index is -4.81. The summed E-state index contributed by atoms with van der Waals surface area (Å²) in [5.41, 5.74) is 6.98. The van der Waals surface area contributed by atoms with Gasteiger partial charge < -0.3 is 15.0 Å². The SMILES string of the molecule is NC(=O)c1cccc2c1c1cccc(F)c1n2Cc1cccc(OC(F)(F)F)c1. The van der Waals surface area contributed by atoms with Gasteiger partial charge in [0.25, 0.3) is 0 Å². The van der Waals surface area contributed by atoms with E-state index in [1.165, 1.54) is 30.3 Å². The van der Waals surface area contributed by atoms with E-state index in [4.69, 9.17) is 5.73 Å². The maximum atomic E-state index is 14.7. The number of carbonyl (C=O) groups is 1. The smallest absolute Gasteiger partial charge is 0.406 e. The first-order chi connectivity index (χ1) is 13.7. The standard InChI is InChI=1S/C21H14F4N2O2/c22-16-8-2-6-14-18-15(20(26)28)7-3-9-17(18)27(19(14)16)11-12-4-1-5-13(10-12)29-21(23,24)25/h1-10H,11H2,(H2,26,28). The molecule has 0 radical (unpaired) electrons. The maximum absolute atomic E-state index is 14.7. The Morgan fingerprint density at radius 3 is 2.48 bits per heavy atom. The molecule has 2 N–H and O–H groups in total. The molecule has 29 heavy (non-hydrogen) atoms. The first kappa shape index (κ1) is 18.8. The molecule has 3 aromatic carbocycles. The molecule has 0 unspecified atom stereocenters. The number of alkyl halides is 3. The molecular weight excluding hydrogens is 388 g/mol. The predicted octanol–water partition coefficient (Wildman–Crippen LogP) is 4.98. The second kappa shape index (κ2) is 6.80. The van der Waals surface area contributed by atoms with E-state index in [2.05, 4.69) is 4.74 Å². The van der Waals surface area contributed by atoms with Gasteiger partial charge in [0.1, 0.15) is 11.6 Å². The lowest BCUT2D eigenvalue weighted by atomic mass is 10.1. The normalized spacial score (nSPS) is 11.9. The highest BCUT2D eigenvalue weighted by molar-refractivity contribution is 6.17. The molecule has 4 aromatic rings. The van der Waals surface area contributed by atoms with Crippen LogP contribution in [0.15, 0.2) is 60.7 Å². The Kier molecular flexibility index (Phi) is 4.41. The number of benzene rings is 3. The molecule has 0 spiro atoms. The van der Waals surface area contributed by atoms with E-state index in [0.29, 0.717) is 21.9 Å². The lowest BCUT2D eigenvalue weighted by Crippen LogP contribution is -2.17. The van der Waals surface area contributed by atoms with E-state index in [9.17, 15) is 22.4 Å². The zero-order chi connectivity index (χ0) is 20.8. The lowest BCUT2D eigenvalue weighted by Gasteiger charge is -2.12. The predicted molar refractivity (Wildman–Crippen MR) is 100 cm³/mol. The minimum Gasteiger partial charge on any atom is -0.406 e. The Labute approximate surface area is 162 Å². The van der Waals surface area contributed by atoms with Crippen molar-refractivity contribution < 1.29 is 27.1 Å². The molecule has 0 aliphatic rings. The Morgan fingerprint density at radius 2 is 1.76 bits per heavy atom. The molecule has 1 aromatic heterocycles. The van der Waals surface area contributed by atoms with Crippen LogP contribution in [0.25, 0.3) is 21.8 Å². The van der Waals surface area contributed by atoms with Gasteiger partial charge in [0.15, 0.2) is 0 Å². The molecule has 8 heteroatoms. The minimum absolute atomic E-state index is 0.0677. The number of hydrogen-bond donors (Lipinski definition) is 1. The molecule has 0 fully saturated rings. The molecule has 148 valence electrons. The van der Waals surface area contributed by atoms with Crippen molar-refractivity contribution in [1.29, 1.82) is 0 Å². The van der Waals surface area contributed by atoms with Crippen LogP contribution in [0, 0.1) is 5.82 Å². The summed E-state index contributed by atoms with van der Waals surface area (Å²) in [5, 5.41) is 0.995. The van der Waals surface area contributed by atoms with E-state index in [0.717, 1.165) is 0 Å². The van der Waals surface area contributed by atoms with Crippen molar-refractivity contribution in [3.8, 4) is 5.75 Å². The van der Waals surface area contributed by atoms with Crippen molar-refractivity contribution in [2.75, 3.05) is 0 Å². The summed E-state index contributed by atoms with van der Waals surface area (Å²) in [6.07, 6.45) is -4.81. The quantitative estimate of drug-likeness (QED) is 0.490. The van der Waals surface area contributed by atoms with Crippen molar-refractivity contribution in [2.24, 2.45) is 5.73 Å². The molecule has 0 bridgehead atoms. The van der Waals surface area contributed by atoms with Crippen LogP contribution in [0.5, 0.6) is 5.75 Å². The maximum Gasteiger partial charge on any atom is 0.573 e. The van der Waals surface area contributed by atoms with Crippen LogP contribution in [0.4, 0.5) is 17.6 Å².